The van der Waals surface area contributed by atoms with Crippen LogP contribution in [0.5, 0.6) is 0 Å². The minimum atomic E-state index is -0.881. The SMILES string of the molecule is COCCCN(CC(C)C(=O)O)C(=O)C(C)(C)C. The van der Waals surface area contributed by atoms with Crippen molar-refractivity contribution in [3.8, 4) is 0 Å². The Labute approximate surface area is 109 Å². The van der Waals surface area contributed by atoms with E-state index in [1.165, 1.54) is 0 Å². The highest BCUT2D eigenvalue weighted by Gasteiger charge is 2.29. The average Bonchev–Trinajstić information content (AvgIpc) is 2.25. The number of carboxylic acids is 1. The lowest BCUT2D eigenvalue weighted by Crippen LogP contribution is -2.43. The summed E-state index contributed by atoms with van der Waals surface area (Å²) in [6.45, 7) is 8.46. The van der Waals surface area contributed by atoms with Gasteiger partial charge < -0.3 is 14.7 Å². The Morgan fingerprint density at radius 3 is 2.28 bits per heavy atom. The fraction of sp³-hybridized carbons (Fsp3) is 0.846. The molecule has 0 aliphatic rings. The number of carbonyl (C=O) groups excluding carboxylic acids is 1. The number of aliphatic carboxylic acids is 1. The van der Waals surface area contributed by atoms with Gasteiger partial charge in [0.1, 0.15) is 0 Å². The molecule has 1 unspecified atom stereocenters. The van der Waals surface area contributed by atoms with E-state index in [-0.39, 0.29) is 12.5 Å². The molecular formula is C13H25NO4. The van der Waals surface area contributed by atoms with E-state index < -0.39 is 17.3 Å². The van der Waals surface area contributed by atoms with Crippen molar-refractivity contribution in [1.82, 2.24) is 4.90 Å². The van der Waals surface area contributed by atoms with Gasteiger partial charge in [0.25, 0.3) is 0 Å². The maximum atomic E-state index is 12.2. The first kappa shape index (κ1) is 16.9. The highest BCUT2D eigenvalue weighted by atomic mass is 16.5. The first-order chi connectivity index (χ1) is 8.20. The molecule has 0 rings (SSSR count). The van der Waals surface area contributed by atoms with Crippen molar-refractivity contribution in [2.24, 2.45) is 11.3 Å². The molecule has 0 saturated carbocycles. The lowest BCUT2D eigenvalue weighted by Gasteiger charge is -2.30. The van der Waals surface area contributed by atoms with Gasteiger partial charge in [0.15, 0.2) is 0 Å². The van der Waals surface area contributed by atoms with Crippen molar-refractivity contribution in [3.63, 3.8) is 0 Å². The molecule has 106 valence electrons. The van der Waals surface area contributed by atoms with Crippen LogP contribution in [0, 0.1) is 11.3 Å². The minimum absolute atomic E-state index is 0.0216. The van der Waals surface area contributed by atoms with Crippen LogP contribution >= 0.6 is 0 Å². The summed E-state index contributed by atoms with van der Waals surface area (Å²) in [5, 5.41) is 8.92. The molecule has 0 aliphatic carbocycles. The van der Waals surface area contributed by atoms with Gasteiger partial charge in [-0.05, 0) is 6.42 Å². The Hall–Kier alpha value is -1.10. The van der Waals surface area contributed by atoms with Crippen LogP contribution in [0.3, 0.4) is 0 Å². The van der Waals surface area contributed by atoms with E-state index in [0.29, 0.717) is 19.6 Å². The van der Waals surface area contributed by atoms with E-state index in [9.17, 15) is 9.59 Å². The smallest absolute Gasteiger partial charge is 0.308 e. The number of ether oxygens (including phenoxy) is 1. The molecule has 0 heterocycles. The van der Waals surface area contributed by atoms with E-state index in [4.69, 9.17) is 9.84 Å². The summed E-state index contributed by atoms with van der Waals surface area (Å²) in [4.78, 5) is 24.7. The van der Waals surface area contributed by atoms with E-state index in [2.05, 4.69) is 0 Å². The van der Waals surface area contributed by atoms with E-state index >= 15 is 0 Å². The largest absolute Gasteiger partial charge is 0.481 e. The Morgan fingerprint density at radius 2 is 1.89 bits per heavy atom. The van der Waals surface area contributed by atoms with Crippen LogP contribution in [-0.2, 0) is 14.3 Å². The van der Waals surface area contributed by atoms with Crippen molar-refractivity contribution in [3.05, 3.63) is 0 Å². The Balaban J connectivity index is 4.61. The Bertz CT molecular complexity index is 283. The van der Waals surface area contributed by atoms with E-state index in [1.807, 2.05) is 20.8 Å². The fourth-order valence-electron chi connectivity index (χ4n) is 1.56. The molecule has 1 N–H and O–H groups in total. The maximum Gasteiger partial charge on any atom is 0.308 e. The first-order valence-electron chi connectivity index (χ1n) is 6.21. The van der Waals surface area contributed by atoms with Gasteiger partial charge in [0.05, 0.1) is 5.92 Å². The molecular weight excluding hydrogens is 234 g/mol. The molecule has 5 heteroatoms. The second kappa shape index (κ2) is 7.36. The molecule has 0 aliphatic heterocycles. The number of hydrogen-bond acceptors (Lipinski definition) is 3. The van der Waals surface area contributed by atoms with Crippen LogP contribution < -0.4 is 0 Å². The predicted molar refractivity (Wildman–Crippen MR) is 69.3 cm³/mol. The molecule has 5 nitrogen and oxygen atoms in total. The van der Waals surface area contributed by atoms with Crippen LogP contribution in [0.2, 0.25) is 0 Å². The summed E-state index contributed by atoms with van der Waals surface area (Å²) in [5.74, 6) is -1.46. The summed E-state index contributed by atoms with van der Waals surface area (Å²) in [5.41, 5.74) is -0.495. The number of hydrogen-bond donors (Lipinski definition) is 1. The van der Waals surface area contributed by atoms with Crippen molar-refractivity contribution < 1.29 is 19.4 Å². The van der Waals surface area contributed by atoms with Crippen molar-refractivity contribution >= 4 is 11.9 Å². The standard InChI is InChI=1S/C13H25NO4/c1-10(11(15)16)9-14(7-6-8-18-5)12(17)13(2,3)4/h10H,6-9H2,1-5H3,(H,15,16). The van der Waals surface area contributed by atoms with Gasteiger partial charge in [-0.2, -0.15) is 0 Å². The third-order valence-corrected chi connectivity index (χ3v) is 2.62. The molecule has 0 aromatic rings. The Morgan fingerprint density at radius 1 is 1.33 bits per heavy atom. The average molecular weight is 259 g/mol. The van der Waals surface area contributed by atoms with Crippen LogP contribution in [0.4, 0.5) is 0 Å². The molecule has 1 atom stereocenters. The number of nitrogens with zero attached hydrogens (tertiary/aromatic N) is 1. The number of rotatable bonds is 7. The van der Waals surface area contributed by atoms with Gasteiger partial charge in [0.2, 0.25) is 5.91 Å². The third-order valence-electron chi connectivity index (χ3n) is 2.62. The van der Waals surface area contributed by atoms with E-state index in [0.717, 1.165) is 0 Å². The number of amides is 1. The summed E-state index contributed by atoms with van der Waals surface area (Å²) in [7, 11) is 1.61. The van der Waals surface area contributed by atoms with Crippen LogP contribution in [0.25, 0.3) is 0 Å². The lowest BCUT2D eigenvalue weighted by atomic mass is 9.94. The summed E-state index contributed by atoms with van der Waals surface area (Å²) in [6.07, 6.45) is 0.713. The minimum Gasteiger partial charge on any atom is -0.481 e. The molecule has 1 amide bonds. The van der Waals surface area contributed by atoms with Gasteiger partial charge in [0, 0.05) is 32.2 Å². The molecule has 0 aromatic heterocycles. The van der Waals surface area contributed by atoms with Crippen LogP contribution in [0.1, 0.15) is 34.1 Å². The number of methoxy groups -OCH3 is 1. The zero-order chi connectivity index (χ0) is 14.3. The van der Waals surface area contributed by atoms with Gasteiger partial charge in [-0.1, -0.05) is 27.7 Å². The summed E-state index contributed by atoms with van der Waals surface area (Å²) >= 11 is 0. The zero-order valence-corrected chi connectivity index (χ0v) is 12.0. The second-order valence-corrected chi connectivity index (χ2v) is 5.59. The van der Waals surface area contributed by atoms with Crippen LogP contribution in [-0.4, -0.2) is 48.7 Å². The highest BCUT2D eigenvalue weighted by molar-refractivity contribution is 5.82. The van der Waals surface area contributed by atoms with Crippen LogP contribution in [0.15, 0.2) is 0 Å². The third kappa shape index (κ3) is 6.00. The first-order valence-corrected chi connectivity index (χ1v) is 6.21. The molecule has 0 saturated heterocycles. The monoisotopic (exact) mass is 259 g/mol. The van der Waals surface area contributed by atoms with Gasteiger partial charge in [-0.3, -0.25) is 9.59 Å². The second-order valence-electron chi connectivity index (χ2n) is 5.59. The molecule has 0 radical (unpaired) electrons. The molecule has 18 heavy (non-hydrogen) atoms. The molecule has 0 spiro atoms. The maximum absolute atomic E-state index is 12.2. The summed E-state index contributed by atoms with van der Waals surface area (Å²) in [6, 6.07) is 0. The zero-order valence-electron chi connectivity index (χ0n) is 12.0. The molecule has 0 bridgehead atoms. The quantitative estimate of drug-likeness (QED) is 0.705. The topological polar surface area (TPSA) is 66.8 Å². The van der Waals surface area contributed by atoms with Gasteiger partial charge >= 0.3 is 5.97 Å². The molecule has 0 aromatic carbocycles. The van der Waals surface area contributed by atoms with Gasteiger partial charge in [-0.25, -0.2) is 0 Å². The number of carbonyl (C=O) groups is 2. The summed E-state index contributed by atoms with van der Waals surface area (Å²) < 4.78 is 4.96. The van der Waals surface area contributed by atoms with Gasteiger partial charge in [-0.15, -0.1) is 0 Å². The lowest BCUT2D eigenvalue weighted by molar-refractivity contribution is -0.145. The number of carboxylic acid groups (broad SMARTS) is 1. The van der Waals surface area contributed by atoms with Crippen molar-refractivity contribution in [1.29, 1.82) is 0 Å². The van der Waals surface area contributed by atoms with Crippen molar-refractivity contribution in [2.45, 2.75) is 34.1 Å². The van der Waals surface area contributed by atoms with E-state index in [1.54, 1.807) is 18.9 Å². The van der Waals surface area contributed by atoms with Crippen molar-refractivity contribution in [2.75, 3.05) is 26.8 Å². The fourth-order valence-corrected chi connectivity index (χ4v) is 1.56. The normalized spacial score (nSPS) is 13.2. The highest BCUT2D eigenvalue weighted by Crippen LogP contribution is 2.18. The Kier molecular flexibility index (Phi) is 6.91. The predicted octanol–water partition coefficient (Wildman–Crippen LogP) is 1.62. The molecule has 0 fully saturated rings.